The van der Waals surface area contributed by atoms with E-state index in [0.29, 0.717) is 35.8 Å². The fourth-order valence-electron chi connectivity index (χ4n) is 7.88. The van der Waals surface area contributed by atoms with Crippen molar-refractivity contribution in [3.8, 4) is 17.2 Å². The second-order valence-corrected chi connectivity index (χ2v) is 16.8. The van der Waals surface area contributed by atoms with Gasteiger partial charge in [0.05, 0.1) is 38.3 Å². The Morgan fingerprint density at radius 2 is 1.59 bits per heavy atom. The van der Waals surface area contributed by atoms with Crippen LogP contribution in [-0.2, 0) is 50.9 Å². The smallest absolute Gasteiger partial charge is 0.386 e. The first-order valence-corrected chi connectivity index (χ1v) is 22.3. The highest BCUT2D eigenvalue weighted by Gasteiger charge is 2.37. The molecule has 13 heteroatoms. The lowest BCUT2D eigenvalue weighted by molar-refractivity contribution is -0.143. The predicted octanol–water partition coefficient (Wildman–Crippen LogP) is 9.39. The molecule has 0 fully saturated rings. The summed E-state index contributed by atoms with van der Waals surface area (Å²) in [6, 6.07) is 34.2. The topological polar surface area (TPSA) is 131 Å². The van der Waals surface area contributed by atoms with Gasteiger partial charge in [-0.2, -0.15) is 12.7 Å². The predicted molar refractivity (Wildman–Crippen MR) is 234 cm³/mol. The molecular weight excluding hydrogens is 793 g/mol. The molecule has 61 heavy (non-hydrogen) atoms. The van der Waals surface area contributed by atoms with Gasteiger partial charge in [-0.1, -0.05) is 90.9 Å². The van der Waals surface area contributed by atoms with Crippen LogP contribution in [0.25, 0.3) is 11.0 Å². The van der Waals surface area contributed by atoms with E-state index in [9.17, 15) is 13.2 Å². The third kappa shape index (κ3) is 10.6. The number of fused-ring (bicyclic) bond motifs is 2. The minimum Gasteiger partial charge on any atom is -0.496 e. The van der Waals surface area contributed by atoms with E-state index in [0.717, 1.165) is 72.1 Å². The van der Waals surface area contributed by atoms with Gasteiger partial charge in [0, 0.05) is 36.7 Å². The quantitative estimate of drug-likeness (QED) is 0.0541. The molecule has 0 aliphatic carbocycles. The zero-order valence-corrected chi connectivity index (χ0v) is 36.1. The van der Waals surface area contributed by atoms with E-state index in [1.54, 1.807) is 33.1 Å². The molecule has 6 aromatic rings. The summed E-state index contributed by atoms with van der Waals surface area (Å²) < 4.78 is 59.5. The van der Waals surface area contributed by atoms with E-state index in [1.807, 2.05) is 96.5 Å². The number of hydrogen-bond acceptors (Lipinski definition) is 10. The van der Waals surface area contributed by atoms with Gasteiger partial charge < -0.3 is 23.1 Å². The maximum atomic E-state index is 13.7. The lowest BCUT2D eigenvalue weighted by Gasteiger charge is -2.33. The Balaban J connectivity index is 1.08. The summed E-state index contributed by atoms with van der Waals surface area (Å²) in [6.07, 6.45) is 4.14. The number of hydrogen-bond donors (Lipinski definition) is 0. The molecule has 1 aliphatic heterocycles. The summed E-state index contributed by atoms with van der Waals surface area (Å²) in [4.78, 5) is 13.2. The van der Waals surface area contributed by atoms with Crippen molar-refractivity contribution in [1.29, 1.82) is 0 Å². The summed E-state index contributed by atoms with van der Waals surface area (Å²) in [5.41, 5.74) is 7.79. The van der Waals surface area contributed by atoms with Crippen molar-refractivity contribution >= 4 is 27.3 Å². The molecule has 0 saturated heterocycles. The van der Waals surface area contributed by atoms with E-state index in [2.05, 4.69) is 22.4 Å². The maximum Gasteiger partial charge on any atom is 0.386 e. The number of rotatable bonds is 20. The number of unbranched alkanes of at least 4 members (excludes halogenated alkanes) is 3. The molecule has 0 bridgehead atoms. The highest BCUT2D eigenvalue weighted by atomic mass is 32.2. The van der Waals surface area contributed by atoms with Gasteiger partial charge in [-0.05, 0) is 97.8 Å². The van der Waals surface area contributed by atoms with Gasteiger partial charge in [0.1, 0.15) is 29.4 Å². The zero-order chi connectivity index (χ0) is 42.8. The van der Waals surface area contributed by atoms with E-state index in [4.69, 9.17) is 23.1 Å². The zero-order valence-electron chi connectivity index (χ0n) is 35.3. The number of methoxy groups -OCH3 is 1. The highest BCUT2D eigenvalue weighted by Crippen LogP contribution is 2.42. The fraction of sp³-hybridized carbons (Fsp3) is 0.354. The van der Waals surface area contributed by atoms with E-state index in [1.165, 1.54) is 9.87 Å². The molecule has 2 atom stereocenters. The average molecular weight is 847 g/mol. The van der Waals surface area contributed by atoms with Crippen LogP contribution in [0.4, 0.5) is 0 Å². The normalized spacial score (nSPS) is 14.5. The molecule has 1 aliphatic rings. The molecule has 0 spiro atoms. The maximum absolute atomic E-state index is 13.7. The third-order valence-electron chi connectivity index (χ3n) is 11.2. The number of esters is 1. The van der Waals surface area contributed by atoms with Gasteiger partial charge in [-0.25, -0.2) is 4.68 Å². The first-order valence-electron chi connectivity index (χ1n) is 20.9. The van der Waals surface area contributed by atoms with Gasteiger partial charge in [0.25, 0.3) is 0 Å². The second-order valence-electron chi connectivity index (χ2n) is 15.3. The molecule has 0 N–H and O–H groups in total. The molecule has 12 nitrogen and oxygen atoms in total. The fourth-order valence-corrected chi connectivity index (χ4v) is 9.17. The van der Waals surface area contributed by atoms with Crippen molar-refractivity contribution in [2.75, 3.05) is 20.3 Å². The number of ether oxygens (including phenoxy) is 4. The number of aromatic nitrogens is 3. The number of carbonyl (C=O) groups excluding carboxylic acids is 1. The standard InChI is InChI=1S/C48H54N4O8S/c1-5-58-47(53)30-43(41-22-23-44-48(34(41)2)49-50-51(44)26-14-6-7-15-27-57-32-36-16-10-8-11-17-36)38-20-24-46(56-4)42(29-38)35(3)52-31-39-28-40(21-25-45(39)60-61(52,54)55)59-33-37-18-12-9-13-19-37/h8-13,16-25,28-29,35,43H,5-7,14-15,26-27,30-33H2,1-4H3/t35-,43?/m1/s1. The number of nitrogens with zero attached hydrogens (tertiary/aromatic N) is 4. The molecule has 2 heterocycles. The summed E-state index contributed by atoms with van der Waals surface area (Å²) >= 11 is 0. The van der Waals surface area contributed by atoms with Crippen molar-refractivity contribution in [3.05, 3.63) is 148 Å². The SMILES string of the molecule is CCOC(=O)CC(c1ccc(OC)c([C@@H](C)N2Cc3cc(OCc4ccccc4)ccc3OS2(=O)=O)c1)c1ccc2c(nnn2CCCCCCOCc2ccccc2)c1C. The number of aryl methyl sites for hydroxylation is 2. The van der Waals surface area contributed by atoms with Gasteiger partial charge in [0.2, 0.25) is 0 Å². The average Bonchev–Trinajstić information content (AvgIpc) is 3.69. The Labute approximate surface area is 358 Å². The summed E-state index contributed by atoms with van der Waals surface area (Å²) in [5.74, 6) is 0.577. The van der Waals surface area contributed by atoms with E-state index < -0.39 is 22.3 Å². The van der Waals surface area contributed by atoms with Crippen LogP contribution in [0.3, 0.4) is 0 Å². The molecule has 0 amide bonds. The molecular formula is C48H54N4O8S. The summed E-state index contributed by atoms with van der Waals surface area (Å²) in [5, 5.41) is 9.12. The van der Waals surface area contributed by atoms with Gasteiger partial charge in [-0.15, -0.1) is 5.10 Å². The summed E-state index contributed by atoms with van der Waals surface area (Å²) in [7, 11) is -2.65. The summed E-state index contributed by atoms with van der Waals surface area (Å²) in [6.45, 7) is 8.36. The number of benzene rings is 5. The molecule has 320 valence electrons. The van der Waals surface area contributed by atoms with E-state index >= 15 is 0 Å². The Hall–Kier alpha value is -5.76. The lowest BCUT2D eigenvalue weighted by Crippen LogP contribution is -2.39. The Morgan fingerprint density at radius 1 is 0.852 bits per heavy atom. The van der Waals surface area contributed by atoms with Crippen LogP contribution in [0.15, 0.2) is 109 Å². The first kappa shape index (κ1) is 43.3. The highest BCUT2D eigenvalue weighted by molar-refractivity contribution is 7.84. The Morgan fingerprint density at radius 3 is 2.33 bits per heavy atom. The molecule has 7 rings (SSSR count). The third-order valence-corrected chi connectivity index (χ3v) is 12.6. The largest absolute Gasteiger partial charge is 0.496 e. The van der Waals surface area contributed by atoms with Crippen LogP contribution in [0.1, 0.15) is 96.9 Å². The first-order chi connectivity index (χ1) is 29.6. The molecule has 0 radical (unpaired) electrons. The number of carbonyl (C=O) groups is 1. The lowest BCUT2D eigenvalue weighted by atomic mass is 9.84. The van der Waals surface area contributed by atoms with E-state index in [-0.39, 0.29) is 31.3 Å². The van der Waals surface area contributed by atoms with Gasteiger partial charge >= 0.3 is 16.3 Å². The molecule has 5 aromatic carbocycles. The van der Waals surface area contributed by atoms with Crippen LogP contribution in [0.2, 0.25) is 0 Å². The van der Waals surface area contributed by atoms with Crippen LogP contribution in [0, 0.1) is 6.92 Å². The van der Waals surface area contributed by atoms with Crippen molar-refractivity contribution < 1.29 is 36.3 Å². The second kappa shape index (κ2) is 20.2. The molecule has 1 unspecified atom stereocenters. The van der Waals surface area contributed by atoms with Gasteiger partial charge in [0.15, 0.2) is 0 Å². The van der Waals surface area contributed by atoms with Crippen LogP contribution in [-0.4, -0.2) is 54.0 Å². The Kier molecular flexibility index (Phi) is 14.4. The molecule has 0 saturated carbocycles. The van der Waals surface area contributed by atoms with Crippen molar-refractivity contribution in [2.24, 2.45) is 0 Å². The van der Waals surface area contributed by atoms with Crippen LogP contribution < -0.4 is 13.7 Å². The molecule has 1 aromatic heterocycles. The van der Waals surface area contributed by atoms with Crippen molar-refractivity contribution in [3.63, 3.8) is 0 Å². The van der Waals surface area contributed by atoms with Crippen molar-refractivity contribution in [1.82, 2.24) is 19.3 Å². The van der Waals surface area contributed by atoms with Gasteiger partial charge in [-0.3, -0.25) is 4.79 Å². The Bertz CT molecular complexity index is 2510. The van der Waals surface area contributed by atoms with Crippen LogP contribution in [0.5, 0.6) is 17.2 Å². The van der Waals surface area contributed by atoms with Crippen LogP contribution >= 0.6 is 0 Å². The monoisotopic (exact) mass is 846 g/mol. The minimum absolute atomic E-state index is 0.0512. The minimum atomic E-state index is -4.20. The van der Waals surface area contributed by atoms with Crippen molar-refractivity contribution in [2.45, 2.75) is 91.1 Å².